The third kappa shape index (κ3) is 8.48. The lowest BCUT2D eigenvalue weighted by Gasteiger charge is -2.35. The van der Waals surface area contributed by atoms with Gasteiger partial charge in [0.15, 0.2) is 0 Å². The Kier molecular flexibility index (Phi) is 11.1. The monoisotopic (exact) mass is 607 g/mol. The van der Waals surface area contributed by atoms with Gasteiger partial charge in [0, 0.05) is 73.4 Å². The topological polar surface area (TPSA) is 67.6 Å². The second-order valence-corrected chi connectivity index (χ2v) is 12.0. The van der Waals surface area contributed by atoms with Crippen LogP contribution in [0.3, 0.4) is 0 Å². The average molecular weight is 608 g/mol. The summed E-state index contributed by atoms with van der Waals surface area (Å²) in [6.07, 6.45) is 14.9. The summed E-state index contributed by atoms with van der Waals surface area (Å²) in [5.41, 5.74) is 5.83. The van der Waals surface area contributed by atoms with Crippen molar-refractivity contribution in [2.24, 2.45) is 7.05 Å². The fourth-order valence-corrected chi connectivity index (χ4v) is 5.94. The van der Waals surface area contributed by atoms with Crippen molar-refractivity contribution in [3.05, 3.63) is 90.9 Å². The number of fused-ring (bicyclic) bond motifs is 3. The second-order valence-electron chi connectivity index (χ2n) is 12.0. The van der Waals surface area contributed by atoms with Crippen molar-refractivity contribution < 1.29 is 18.9 Å². The lowest BCUT2D eigenvalue weighted by atomic mass is 9.92. The van der Waals surface area contributed by atoms with Crippen LogP contribution in [0, 0.1) is 0 Å². The zero-order valence-electron chi connectivity index (χ0n) is 26.4. The van der Waals surface area contributed by atoms with Crippen molar-refractivity contribution in [3.8, 4) is 17.0 Å². The van der Waals surface area contributed by atoms with Crippen molar-refractivity contribution in [3.63, 3.8) is 0 Å². The molecule has 45 heavy (non-hydrogen) atoms. The van der Waals surface area contributed by atoms with Gasteiger partial charge in [0.05, 0.1) is 30.9 Å². The van der Waals surface area contributed by atoms with Crippen LogP contribution in [-0.4, -0.2) is 53.2 Å². The van der Waals surface area contributed by atoms with Gasteiger partial charge in [0.1, 0.15) is 0 Å². The first kappa shape index (κ1) is 31.2. The molecule has 3 heterocycles. The highest BCUT2D eigenvalue weighted by molar-refractivity contribution is 6.08. The van der Waals surface area contributed by atoms with Crippen molar-refractivity contribution in [1.29, 1.82) is 0 Å². The summed E-state index contributed by atoms with van der Waals surface area (Å²) in [4.78, 5) is 8.85. The van der Waals surface area contributed by atoms with Crippen molar-refractivity contribution >= 4 is 21.8 Å². The molecular weight excluding hydrogens is 562 g/mol. The van der Waals surface area contributed by atoms with Gasteiger partial charge in [-0.2, -0.15) is 0 Å². The summed E-state index contributed by atoms with van der Waals surface area (Å²) >= 11 is 0. The maximum Gasteiger partial charge on any atom is 0.213 e. The zero-order valence-corrected chi connectivity index (χ0v) is 26.4. The average Bonchev–Trinajstić information content (AvgIpc) is 3.35. The van der Waals surface area contributed by atoms with Crippen LogP contribution in [-0.2, 0) is 27.9 Å². The van der Waals surface area contributed by atoms with E-state index in [1.54, 1.807) is 0 Å². The number of unbranched alkanes of at least 4 members (excludes halogenated alkanes) is 4. The Morgan fingerprint density at radius 3 is 2.24 bits per heavy atom. The first-order valence-corrected chi connectivity index (χ1v) is 16.5. The van der Waals surface area contributed by atoms with Crippen LogP contribution in [0.4, 0.5) is 0 Å². The highest BCUT2D eigenvalue weighted by Crippen LogP contribution is 2.31. The first-order valence-electron chi connectivity index (χ1n) is 16.5. The van der Waals surface area contributed by atoms with Gasteiger partial charge in [-0.15, -0.1) is 0 Å². The lowest BCUT2D eigenvalue weighted by molar-refractivity contribution is -0.107. The first-order chi connectivity index (χ1) is 22.2. The molecule has 1 aliphatic carbocycles. The second kappa shape index (κ2) is 16.0. The Balaban J connectivity index is 0.763. The molecular formula is C38H45N3O4. The molecule has 3 aromatic heterocycles. The van der Waals surface area contributed by atoms with Gasteiger partial charge in [-0.05, 0) is 80.7 Å². The number of aromatic nitrogens is 3. The van der Waals surface area contributed by atoms with Gasteiger partial charge < -0.3 is 23.5 Å². The quantitative estimate of drug-likeness (QED) is 0.0934. The molecule has 0 spiro atoms. The van der Waals surface area contributed by atoms with E-state index in [0.717, 1.165) is 82.3 Å². The summed E-state index contributed by atoms with van der Waals surface area (Å²) < 4.78 is 25.9. The van der Waals surface area contributed by atoms with Gasteiger partial charge in [-0.25, -0.2) is 4.98 Å². The fraction of sp³-hybridized carbons (Fsp3) is 0.421. The largest absolute Gasteiger partial charge is 0.478 e. The standard InChI is InChI=1S/C38H45N3O4/c1-41-36-17-18-39-27-35(36)34-15-13-30(23-37(34)41)31-14-16-38(40-26-31)44-22-10-4-8-20-42-19-7-3-9-21-43-32-24-33(25-32)45-28-29-11-5-2-6-12-29/h2,5-6,11-18,23,26-27,32-33H,3-4,7-10,19-22,24-25,28H2,1H3/t32-,33+. The molecule has 0 radical (unpaired) electrons. The molecule has 1 aliphatic rings. The molecule has 1 fully saturated rings. The van der Waals surface area contributed by atoms with E-state index < -0.39 is 0 Å². The van der Waals surface area contributed by atoms with Crippen molar-refractivity contribution in [1.82, 2.24) is 14.5 Å². The van der Waals surface area contributed by atoms with E-state index in [1.807, 2.05) is 30.7 Å². The minimum absolute atomic E-state index is 0.348. The molecule has 0 bridgehead atoms. The molecule has 2 aromatic carbocycles. The third-order valence-corrected chi connectivity index (χ3v) is 8.73. The van der Waals surface area contributed by atoms with Crippen molar-refractivity contribution in [2.75, 3.05) is 26.4 Å². The number of ether oxygens (including phenoxy) is 4. The molecule has 5 aromatic rings. The predicted octanol–water partition coefficient (Wildman–Crippen LogP) is 8.29. The number of benzene rings is 2. The minimum atomic E-state index is 0.348. The minimum Gasteiger partial charge on any atom is -0.478 e. The SMILES string of the molecule is Cn1c2ccncc2c2ccc(-c3ccc(OCCCCCOCCCCCO[C@H]4C[C@@H](OCc5ccccc5)C4)nc3)cc21. The van der Waals surface area contributed by atoms with Crippen LogP contribution in [0.2, 0.25) is 0 Å². The van der Waals surface area contributed by atoms with Crippen LogP contribution >= 0.6 is 0 Å². The number of hydrogen-bond donors (Lipinski definition) is 0. The molecule has 0 amide bonds. The van der Waals surface area contributed by atoms with Crippen LogP contribution in [0.25, 0.3) is 32.9 Å². The maximum atomic E-state index is 5.99. The summed E-state index contributed by atoms with van der Waals surface area (Å²) in [5, 5.41) is 2.39. The zero-order chi connectivity index (χ0) is 30.7. The van der Waals surface area contributed by atoms with Gasteiger partial charge in [-0.3, -0.25) is 4.98 Å². The lowest BCUT2D eigenvalue weighted by Crippen LogP contribution is -2.37. The molecule has 1 saturated carbocycles. The number of hydrogen-bond acceptors (Lipinski definition) is 6. The van der Waals surface area contributed by atoms with E-state index in [1.165, 1.54) is 27.4 Å². The highest BCUT2D eigenvalue weighted by atomic mass is 16.5. The van der Waals surface area contributed by atoms with Gasteiger partial charge >= 0.3 is 0 Å². The molecule has 0 unspecified atom stereocenters. The molecule has 0 atom stereocenters. The molecule has 0 N–H and O–H groups in total. The van der Waals surface area contributed by atoms with Crippen molar-refractivity contribution in [2.45, 2.75) is 70.2 Å². The van der Waals surface area contributed by atoms with Crippen LogP contribution in [0.15, 0.2) is 85.3 Å². The Labute approximate surface area is 266 Å². The van der Waals surface area contributed by atoms with Crippen LogP contribution in [0.5, 0.6) is 5.88 Å². The van der Waals surface area contributed by atoms with E-state index in [9.17, 15) is 0 Å². The Bertz CT molecular complexity index is 1610. The van der Waals surface area contributed by atoms with E-state index in [4.69, 9.17) is 18.9 Å². The number of nitrogens with zero attached hydrogens (tertiary/aromatic N) is 3. The Hall–Kier alpha value is -3.78. The van der Waals surface area contributed by atoms with E-state index in [0.29, 0.717) is 31.3 Å². The number of aryl methyl sites for hydroxylation is 1. The smallest absolute Gasteiger partial charge is 0.213 e. The summed E-state index contributed by atoms with van der Waals surface area (Å²) in [7, 11) is 2.10. The molecule has 7 heteroatoms. The predicted molar refractivity (Wildman–Crippen MR) is 179 cm³/mol. The Morgan fingerprint density at radius 1 is 0.689 bits per heavy atom. The van der Waals surface area contributed by atoms with Gasteiger partial charge in [-0.1, -0.05) is 42.5 Å². The molecule has 0 saturated heterocycles. The van der Waals surface area contributed by atoms with Crippen LogP contribution < -0.4 is 4.74 Å². The summed E-state index contributed by atoms with van der Waals surface area (Å²) in [6, 6.07) is 23.0. The number of rotatable bonds is 18. The summed E-state index contributed by atoms with van der Waals surface area (Å²) in [5.74, 6) is 0.671. The fourth-order valence-electron chi connectivity index (χ4n) is 5.94. The van der Waals surface area contributed by atoms with Gasteiger partial charge in [0.25, 0.3) is 0 Å². The van der Waals surface area contributed by atoms with Gasteiger partial charge in [0.2, 0.25) is 5.88 Å². The molecule has 7 nitrogen and oxygen atoms in total. The Morgan fingerprint density at radius 2 is 1.44 bits per heavy atom. The highest BCUT2D eigenvalue weighted by Gasteiger charge is 2.30. The molecule has 6 rings (SSSR count). The van der Waals surface area contributed by atoms with Crippen LogP contribution in [0.1, 0.15) is 56.9 Å². The third-order valence-electron chi connectivity index (χ3n) is 8.73. The maximum absolute atomic E-state index is 5.99. The summed E-state index contributed by atoms with van der Waals surface area (Å²) in [6.45, 7) is 3.85. The molecule has 0 aliphatic heterocycles. The molecule has 236 valence electrons. The number of pyridine rings is 2. The van der Waals surface area contributed by atoms with E-state index >= 15 is 0 Å². The van der Waals surface area contributed by atoms with E-state index in [-0.39, 0.29) is 0 Å². The van der Waals surface area contributed by atoms with E-state index in [2.05, 4.69) is 76.2 Å². The normalized spacial score (nSPS) is 16.3.